The van der Waals surface area contributed by atoms with Gasteiger partial charge in [0.15, 0.2) is 11.5 Å². The Morgan fingerprint density at radius 1 is 0.973 bits per heavy atom. The van der Waals surface area contributed by atoms with Gasteiger partial charge in [-0.1, -0.05) is 45.9 Å². The first-order valence-corrected chi connectivity index (χ1v) is 13.8. The van der Waals surface area contributed by atoms with Gasteiger partial charge < -0.3 is 14.2 Å². The summed E-state index contributed by atoms with van der Waals surface area (Å²) in [5.74, 6) is 3.13. The zero-order chi connectivity index (χ0) is 26.0. The molecule has 37 heavy (non-hydrogen) atoms. The van der Waals surface area contributed by atoms with Crippen LogP contribution in [0, 0.1) is 12.3 Å². The van der Waals surface area contributed by atoms with Crippen LogP contribution in [0.15, 0.2) is 42.5 Å². The number of rotatable bonds is 7. The van der Waals surface area contributed by atoms with E-state index in [-0.39, 0.29) is 0 Å². The molecule has 0 spiro atoms. The molecule has 1 saturated heterocycles. The molecule has 3 aromatic rings. The van der Waals surface area contributed by atoms with Crippen LogP contribution >= 0.6 is 0 Å². The van der Waals surface area contributed by atoms with Crippen molar-refractivity contribution in [1.29, 1.82) is 0 Å². The van der Waals surface area contributed by atoms with Crippen molar-refractivity contribution < 1.29 is 14.2 Å². The number of aromatic nitrogens is 1. The van der Waals surface area contributed by atoms with Crippen LogP contribution in [-0.4, -0.2) is 36.2 Å². The highest BCUT2D eigenvalue weighted by Crippen LogP contribution is 2.39. The maximum Gasteiger partial charge on any atom is 0.165 e. The van der Waals surface area contributed by atoms with Gasteiger partial charge in [-0.2, -0.15) is 0 Å². The fourth-order valence-corrected chi connectivity index (χ4v) is 5.77. The van der Waals surface area contributed by atoms with Crippen LogP contribution in [0.2, 0.25) is 0 Å². The molecule has 3 heterocycles. The summed E-state index contributed by atoms with van der Waals surface area (Å²) in [6, 6.07) is 14.6. The quantitative estimate of drug-likeness (QED) is 0.339. The molecule has 0 N–H and O–H groups in total. The first-order valence-electron chi connectivity index (χ1n) is 13.8. The molecular weight excluding hydrogens is 460 g/mol. The molecule has 2 aliphatic heterocycles. The van der Waals surface area contributed by atoms with Crippen LogP contribution in [0.4, 0.5) is 0 Å². The summed E-state index contributed by atoms with van der Waals surface area (Å²) < 4.78 is 18.2. The molecular formula is C32H40N2O3. The summed E-state index contributed by atoms with van der Waals surface area (Å²) in [5.41, 5.74) is 7.39. The van der Waals surface area contributed by atoms with Gasteiger partial charge in [-0.25, -0.2) is 0 Å². The van der Waals surface area contributed by atoms with Gasteiger partial charge in [0.2, 0.25) is 0 Å². The summed E-state index contributed by atoms with van der Waals surface area (Å²) in [6.45, 7) is 15.4. The fourth-order valence-electron chi connectivity index (χ4n) is 5.77. The molecule has 0 aliphatic carbocycles. The molecule has 0 saturated carbocycles. The molecule has 0 radical (unpaired) electrons. The zero-order valence-electron chi connectivity index (χ0n) is 23.0. The van der Waals surface area contributed by atoms with Gasteiger partial charge in [-0.05, 0) is 67.8 Å². The minimum atomic E-state index is 0.326. The van der Waals surface area contributed by atoms with Crippen molar-refractivity contribution in [2.45, 2.75) is 66.8 Å². The lowest BCUT2D eigenvalue weighted by Gasteiger charge is -2.38. The van der Waals surface area contributed by atoms with E-state index in [1.54, 1.807) is 0 Å². The summed E-state index contributed by atoms with van der Waals surface area (Å²) in [7, 11) is 0. The van der Waals surface area contributed by atoms with Gasteiger partial charge >= 0.3 is 0 Å². The summed E-state index contributed by atoms with van der Waals surface area (Å²) in [5, 5.41) is 0. The van der Waals surface area contributed by atoms with Crippen molar-refractivity contribution in [3.05, 3.63) is 64.8 Å². The maximum atomic E-state index is 6.66. The highest BCUT2D eigenvalue weighted by atomic mass is 16.6. The van der Waals surface area contributed by atoms with E-state index in [1.165, 1.54) is 29.5 Å². The Bertz CT molecular complexity index is 1240. The van der Waals surface area contributed by atoms with Gasteiger partial charge in [-0.15, -0.1) is 0 Å². The minimum absolute atomic E-state index is 0.326. The number of aryl methyl sites for hydroxylation is 3. The van der Waals surface area contributed by atoms with E-state index in [4.69, 9.17) is 19.2 Å². The van der Waals surface area contributed by atoms with Crippen molar-refractivity contribution >= 4 is 0 Å². The van der Waals surface area contributed by atoms with Crippen molar-refractivity contribution in [3.8, 4) is 34.3 Å². The van der Waals surface area contributed by atoms with E-state index in [0.29, 0.717) is 18.6 Å². The van der Waals surface area contributed by atoms with E-state index in [9.17, 15) is 0 Å². The Hall–Kier alpha value is -3.05. The third-order valence-electron chi connectivity index (χ3n) is 7.65. The molecule has 1 aromatic heterocycles. The van der Waals surface area contributed by atoms with E-state index >= 15 is 0 Å². The van der Waals surface area contributed by atoms with Gasteiger partial charge in [0.25, 0.3) is 0 Å². The number of piperidine rings is 1. The molecule has 0 atom stereocenters. The largest absolute Gasteiger partial charge is 0.486 e. The van der Waals surface area contributed by atoms with Crippen LogP contribution in [0.1, 0.15) is 62.9 Å². The second-order valence-corrected chi connectivity index (χ2v) is 11.1. The molecule has 0 bridgehead atoms. The average Bonchev–Trinajstić information content (AvgIpc) is 2.89. The predicted molar refractivity (Wildman–Crippen MR) is 149 cm³/mol. The summed E-state index contributed by atoms with van der Waals surface area (Å²) >= 11 is 0. The smallest absolute Gasteiger partial charge is 0.165 e. The Kier molecular flexibility index (Phi) is 7.43. The summed E-state index contributed by atoms with van der Waals surface area (Å²) in [4.78, 5) is 7.74. The van der Waals surface area contributed by atoms with Crippen LogP contribution in [0.25, 0.3) is 11.3 Å². The first-order chi connectivity index (χ1) is 17.9. The number of pyridine rings is 1. The molecule has 2 aromatic carbocycles. The molecule has 5 rings (SSSR count). The van der Waals surface area contributed by atoms with Crippen LogP contribution in [-0.2, 0) is 19.4 Å². The SMILES string of the molecule is CCc1cccc(CC)c1-c1cc(Oc2ccc3c(c2)OCCO3)c(CN2CCCC(C)(C)C2)c(C)n1. The predicted octanol–water partition coefficient (Wildman–Crippen LogP) is 7.37. The van der Waals surface area contributed by atoms with E-state index < -0.39 is 0 Å². The molecule has 2 aliphatic rings. The van der Waals surface area contributed by atoms with Crippen molar-refractivity contribution in [3.63, 3.8) is 0 Å². The molecule has 1 fully saturated rings. The monoisotopic (exact) mass is 500 g/mol. The van der Waals surface area contributed by atoms with Crippen molar-refractivity contribution in [2.24, 2.45) is 5.41 Å². The third kappa shape index (κ3) is 5.62. The molecule has 0 unspecified atom stereocenters. The average molecular weight is 501 g/mol. The highest BCUT2D eigenvalue weighted by Gasteiger charge is 2.28. The standard InChI is InChI=1S/C32H40N2O3/c1-6-23-10-8-11-24(7-2)31(23)27-19-29(37-25-12-13-28-30(18-25)36-17-16-35-28)26(22(3)33-27)20-34-15-9-14-32(4,5)21-34/h8,10-13,18-19H,6-7,9,14-17,20-21H2,1-5H3. The van der Waals surface area contributed by atoms with Crippen LogP contribution < -0.4 is 14.2 Å². The number of hydrogen-bond donors (Lipinski definition) is 0. The maximum absolute atomic E-state index is 6.66. The lowest BCUT2D eigenvalue weighted by molar-refractivity contribution is 0.111. The van der Waals surface area contributed by atoms with Gasteiger partial charge in [0.05, 0.1) is 5.69 Å². The lowest BCUT2D eigenvalue weighted by atomic mass is 9.84. The van der Waals surface area contributed by atoms with Gasteiger partial charge in [0, 0.05) is 42.0 Å². The lowest BCUT2D eigenvalue weighted by Crippen LogP contribution is -2.39. The Labute approximate surface area is 221 Å². The topological polar surface area (TPSA) is 43.8 Å². The minimum Gasteiger partial charge on any atom is -0.486 e. The highest BCUT2D eigenvalue weighted by molar-refractivity contribution is 5.70. The molecule has 196 valence electrons. The zero-order valence-corrected chi connectivity index (χ0v) is 23.0. The normalized spacial score (nSPS) is 17.0. The number of likely N-dealkylation sites (tertiary alicyclic amines) is 1. The van der Waals surface area contributed by atoms with E-state index in [0.717, 1.165) is 72.4 Å². The molecule has 5 nitrogen and oxygen atoms in total. The number of fused-ring (bicyclic) bond motifs is 1. The second-order valence-electron chi connectivity index (χ2n) is 11.1. The number of ether oxygens (including phenoxy) is 3. The van der Waals surface area contributed by atoms with E-state index in [2.05, 4.69) is 63.8 Å². The molecule has 0 amide bonds. The van der Waals surface area contributed by atoms with Crippen molar-refractivity contribution in [2.75, 3.05) is 26.3 Å². The third-order valence-corrected chi connectivity index (χ3v) is 7.65. The second kappa shape index (κ2) is 10.7. The first kappa shape index (κ1) is 25.6. The number of hydrogen-bond acceptors (Lipinski definition) is 5. The Morgan fingerprint density at radius 3 is 2.41 bits per heavy atom. The summed E-state index contributed by atoms with van der Waals surface area (Å²) in [6.07, 6.45) is 4.42. The van der Waals surface area contributed by atoms with Gasteiger partial charge in [0.1, 0.15) is 24.7 Å². The Morgan fingerprint density at radius 2 is 1.70 bits per heavy atom. The number of benzene rings is 2. The number of nitrogens with zero attached hydrogens (tertiary/aromatic N) is 2. The van der Waals surface area contributed by atoms with E-state index in [1.807, 2.05) is 18.2 Å². The van der Waals surface area contributed by atoms with Crippen molar-refractivity contribution in [1.82, 2.24) is 9.88 Å². The molecule has 5 heteroatoms. The fraction of sp³-hybridized carbons (Fsp3) is 0.469. The van der Waals surface area contributed by atoms with Crippen LogP contribution in [0.3, 0.4) is 0 Å². The van der Waals surface area contributed by atoms with Crippen LogP contribution in [0.5, 0.6) is 23.0 Å². The van der Waals surface area contributed by atoms with Gasteiger partial charge in [-0.3, -0.25) is 9.88 Å². The Balaban J connectivity index is 1.58.